The van der Waals surface area contributed by atoms with Crippen molar-refractivity contribution in [3.05, 3.63) is 22.7 Å². The maximum atomic E-state index is 11.9. The molecular formula is C14H17ClN2O3S. The minimum atomic E-state index is -0.411. The Morgan fingerprint density at radius 2 is 2.24 bits per heavy atom. The molecule has 0 aliphatic heterocycles. The molecule has 0 saturated heterocycles. The molecule has 1 N–H and O–H groups in total. The van der Waals surface area contributed by atoms with Crippen LogP contribution in [0.4, 0.5) is 5.13 Å². The zero-order valence-corrected chi connectivity index (χ0v) is 13.5. The van der Waals surface area contributed by atoms with Gasteiger partial charge in [-0.05, 0) is 18.6 Å². The standard InChI is InChI=1S/C14H17ClN2O3S/c1-3-5-20-13(18)9-7-11-12(8-10(9)15)21-14(17-11)16-4-6-19-2/h7-8H,3-6H2,1-2H3,(H,16,17). The van der Waals surface area contributed by atoms with E-state index >= 15 is 0 Å². The first-order chi connectivity index (χ1) is 10.2. The van der Waals surface area contributed by atoms with Crippen molar-refractivity contribution >= 4 is 44.3 Å². The molecule has 1 aromatic carbocycles. The van der Waals surface area contributed by atoms with Crippen molar-refractivity contribution < 1.29 is 14.3 Å². The van der Waals surface area contributed by atoms with E-state index in [2.05, 4.69) is 10.3 Å². The van der Waals surface area contributed by atoms with Crippen molar-refractivity contribution in [2.24, 2.45) is 0 Å². The first-order valence-corrected chi connectivity index (χ1v) is 7.85. The second-order valence-corrected chi connectivity index (χ2v) is 5.81. The van der Waals surface area contributed by atoms with Crippen molar-refractivity contribution in [3.63, 3.8) is 0 Å². The maximum Gasteiger partial charge on any atom is 0.339 e. The molecule has 0 saturated carbocycles. The molecule has 5 nitrogen and oxygen atoms in total. The van der Waals surface area contributed by atoms with Gasteiger partial charge in [0.15, 0.2) is 5.13 Å². The monoisotopic (exact) mass is 328 g/mol. The minimum Gasteiger partial charge on any atom is -0.462 e. The van der Waals surface area contributed by atoms with E-state index in [4.69, 9.17) is 21.1 Å². The Bertz CT molecular complexity index is 630. The number of carbonyl (C=O) groups is 1. The zero-order chi connectivity index (χ0) is 15.2. The average Bonchev–Trinajstić information content (AvgIpc) is 2.85. The molecule has 2 rings (SSSR count). The van der Waals surface area contributed by atoms with Crippen LogP contribution >= 0.6 is 22.9 Å². The highest BCUT2D eigenvalue weighted by molar-refractivity contribution is 7.22. The molecule has 0 amide bonds. The molecule has 0 aliphatic carbocycles. The van der Waals surface area contributed by atoms with Gasteiger partial charge in [0.2, 0.25) is 0 Å². The van der Waals surface area contributed by atoms with E-state index in [1.807, 2.05) is 6.92 Å². The van der Waals surface area contributed by atoms with Gasteiger partial charge in [-0.25, -0.2) is 9.78 Å². The van der Waals surface area contributed by atoms with Crippen LogP contribution < -0.4 is 5.32 Å². The summed E-state index contributed by atoms with van der Waals surface area (Å²) in [7, 11) is 1.65. The fourth-order valence-corrected chi connectivity index (χ4v) is 2.93. The van der Waals surface area contributed by atoms with Crippen LogP contribution in [0.3, 0.4) is 0 Å². The molecule has 1 heterocycles. The van der Waals surface area contributed by atoms with Crippen LogP contribution in [-0.4, -0.2) is 37.8 Å². The molecule has 21 heavy (non-hydrogen) atoms. The van der Waals surface area contributed by atoms with E-state index in [9.17, 15) is 4.79 Å². The van der Waals surface area contributed by atoms with Gasteiger partial charge in [-0.1, -0.05) is 29.9 Å². The van der Waals surface area contributed by atoms with Gasteiger partial charge in [0.25, 0.3) is 0 Å². The van der Waals surface area contributed by atoms with Gasteiger partial charge in [0.1, 0.15) is 0 Å². The van der Waals surface area contributed by atoms with E-state index < -0.39 is 5.97 Å². The molecule has 7 heteroatoms. The number of carbonyl (C=O) groups excluding carboxylic acids is 1. The summed E-state index contributed by atoms with van der Waals surface area (Å²) in [5, 5.41) is 4.32. The topological polar surface area (TPSA) is 60.5 Å². The third kappa shape index (κ3) is 4.06. The van der Waals surface area contributed by atoms with Crippen LogP contribution in [0.25, 0.3) is 10.2 Å². The number of anilines is 1. The van der Waals surface area contributed by atoms with Crippen LogP contribution in [-0.2, 0) is 9.47 Å². The van der Waals surface area contributed by atoms with Crippen molar-refractivity contribution in [2.45, 2.75) is 13.3 Å². The van der Waals surface area contributed by atoms with Crippen molar-refractivity contribution in [1.82, 2.24) is 4.98 Å². The van der Waals surface area contributed by atoms with Crippen LogP contribution in [0.15, 0.2) is 12.1 Å². The predicted molar refractivity (Wildman–Crippen MR) is 85.6 cm³/mol. The van der Waals surface area contributed by atoms with Gasteiger partial charge in [0, 0.05) is 13.7 Å². The number of methoxy groups -OCH3 is 1. The second kappa shape index (κ2) is 7.59. The van der Waals surface area contributed by atoms with Crippen molar-refractivity contribution in [3.8, 4) is 0 Å². The number of thiazole rings is 1. The van der Waals surface area contributed by atoms with E-state index in [0.29, 0.717) is 30.3 Å². The lowest BCUT2D eigenvalue weighted by atomic mass is 10.2. The number of hydrogen-bond donors (Lipinski definition) is 1. The summed E-state index contributed by atoms with van der Waals surface area (Å²) in [6.07, 6.45) is 0.774. The lowest BCUT2D eigenvalue weighted by Gasteiger charge is -2.04. The summed E-state index contributed by atoms with van der Waals surface area (Å²) < 4.78 is 11.0. The van der Waals surface area contributed by atoms with E-state index in [-0.39, 0.29) is 0 Å². The molecule has 114 valence electrons. The number of esters is 1. The molecule has 1 aromatic heterocycles. The Hall–Kier alpha value is -1.37. The summed E-state index contributed by atoms with van der Waals surface area (Å²) in [5.41, 5.74) is 1.08. The van der Waals surface area contributed by atoms with Crippen LogP contribution in [0.5, 0.6) is 0 Å². The average molecular weight is 329 g/mol. The van der Waals surface area contributed by atoms with Gasteiger partial charge < -0.3 is 14.8 Å². The normalized spacial score (nSPS) is 10.8. The number of nitrogens with zero attached hydrogens (tertiary/aromatic N) is 1. The summed E-state index contributed by atoms with van der Waals surface area (Å²) in [6.45, 7) is 3.60. The Kier molecular flexibility index (Phi) is 5.78. The molecule has 2 aromatic rings. The molecule has 0 bridgehead atoms. The van der Waals surface area contributed by atoms with Gasteiger partial charge >= 0.3 is 5.97 Å². The number of aromatic nitrogens is 1. The first-order valence-electron chi connectivity index (χ1n) is 6.65. The number of rotatable bonds is 7. The molecule has 0 fully saturated rings. The highest BCUT2D eigenvalue weighted by Gasteiger charge is 2.15. The van der Waals surface area contributed by atoms with E-state index in [1.54, 1.807) is 19.2 Å². The van der Waals surface area contributed by atoms with Gasteiger partial charge in [-0.2, -0.15) is 0 Å². The lowest BCUT2D eigenvalue weighted by molar-refractivity contribution is 0.0505. The molecule has 0 aliphatic rings. The Morgan fingerprint density at radius 1 is 1.43 bits per heavy atom. The Balaban J connectivity index is 2.21. The minimum absolute atomic E-state index is 0.353. The van der Waals surface area contributed by atoms with Crippen LogP contribution in [0.2, 0.25) is 5.02 Å². The summed E-state index contributed by atoms with van der Waals surface area (Å²) >= 11 is 7.64. The number of nitrogens with one attached hydrogen (secondary N) is 1. The third-order valence-electron chi connectivity index (χ3n) is 2.72. The zero-order valence-electron chi connectivity index (χ0n) is 11.9. The van der Waals surface area contributed by atoms with Crippen molar-refractivity contribution in [1.29, 1.82) is 0 Å². The number of fused-ring (bicyclic) bond motifs is 1. The van der Waals surface area contributed by atoms with Crippen LogP contribution in [0, 0.1) is 0 Å². The Morgan fingerprint density at radius 3 is 2.95 bits per heavy atom. The number of hydrogen-bond acceptors (Lipinski definition) is 6. The highest BCUT2D eigenvalue weighted by atomic mass is 35.5. The summed E-state index contributed by atoms with van der Waals surface area (Å²) in [5.74, 6) is -0.411. The highest BCUT2D eigenvalue weighted by Crippen LogP contribution is 2.31. The summed E-state index contributed by atoms with van der Waals surface area (Å²) in [6, 6.07) is 3.42. The first kappa shape index (κ1) is 16.0. The Labute approximate surface area is 132 Å². The fourth-order valence-electron chi connectivity index (χ4n) is 1.71. The van der Waals surface area contributed by atoms with Crippen molar-refractivity contribution in [2.75, 3.05) is 32.2 Å². The second-order valence-electron chi connectivity index (χ2n) is 4.37. The SMILES string of the molecule is CCCOC(=O)c1cc2nc(NCCOC)sc2cc1Cl. The van der Waals surface area contributed by atoms with Gasteiger partial charge in [-0.15, -0.1) is 0 Å². The third-order valence-corrected chi connectivity index (χ3v) is 4.01. The summed E-state index contributed by atoms with van der Waals surface area (Å²) in [4.78, 5) is 16.4. The van der Waals surface area contributed by atoms with E-state index in [1.165, 1.54) is 11.3 Å². The molecule has 0 atom stereocenters. The molecule has 0 unspecified atom stereocenters. The lowest BCUT2D eigenvalue weighted by Crippen LogP contribution is -2.07. The van der Waals surface area contributed by atoms with Gasteiger partial charge in [-0.3, -0.25) is 0 Å². The predicted octanol–water partition coefficient (Wildman–Crippen LogP) is 3.57. The number of benzene rings is 1. The number of halogens is 1. The smallest absolute Gasteiger partial charge is 0.339 e. The molecular weight excluding hydrogens is 312 g/mol. The largest absolute Gasteiger partial charge is 0.462 e. The van der Waals surface area contributed by atoms with Crippen LogP contribution in [0.1, 0.15) is 23.7 Å². The quantitative estimate of drug-likeness (QED) is 0.622. The fraction of sp³-hybridized carbons (Fsp3) is 0.429. The maximum absolute atomic E-state index is 11.9. The molecule has 0 radical (unpaired) electrons. The number of ether oxygens (including phenoxy) is 2. The molecule has 0 spiro atoms. The van der Waals surface area contributed by atoms with E-state index in [0.717, 1.165) is 21.8 Å². The van der Waals surface area contributed by atoms with Gasteiger partial charge in [0.05, 0.1) is 34.0 Å².